The fourth-order valence-electron chi connectivity index (χ4n) is 3.80. The number of aliphatic hydroxyl groups is 1. The molecule has 0 spiro atoms. The zero-order valence-corrected chi connectivity index (χ0v) is 18.3. The van der Waals surface area contributed by atoms with Gasteiger partial charge in [-0.25, -0.2) is 4.79 Å². The van der Waals surface area contributed by atoms with Crippen LogP contribution in [0.15, 0.2) is 27.6 Å². The molecule has 0 aromatic rings. The van der Waals surface area contributed by atoms with Gasteiger partial charge in [0, 0.05) is 6.04 Å². The second-order valence-electron chi connectivity index (χ2n) is 8.10. The summed E-state index contributed by atoms with van der Waals surface area (Å²) in [6.45, 7) is 4.27. The van der Waals surface area contributed by atoms with E-state index in [2.05, 4.69) is 38.7 Å². The van der Waals surface area contributed by atoms with E-state index in [1.54, 1.807) is 17.4 Å². The van der Waals surface area contributed by atoms with Gasteiger partial charge in [-0.1, -0.05) is 6.92 Å². The van der Waals surface area contributed by atoms with E-state index < -0.39 is 0 Å². The number of rotatable bonds is 7. The van der Waals surface area contributed by atoms with Gasteiger partial charge in [-0.05, 0) is 19.8 Å². The number of carbonyl (C=O) groups is 1. The van der Waals surface area contributed by atoms with Gasteiger partial charge in [0.05, 0.1) is 0 Å². The third-order valence-electron chi connectivity index (χ3n) is 5.75. The molecule has 1 saturated carbocycles. The summed E-state index contributed by atoms with van der Waals surface area (Å²) in [6, 6.07) is 0.332. The molecule has 3 aliphatic rings. The van der Waals surface area contributed by atoms with E-state index in [1.807, 2.05) is 13.8 Å². The van der Waals surface area contributed by atoms with E-state index in [0.29, 0.717) is 18.2 Å². The summed E-state index contributed by atoms with van der Waals surface area (Å²) in [4.78, 5) is 16.3. The molecule has 0 aromatic carbocycles. The Morgan fingerprint density at radius 1 is 1.52 bits per heavy atom. The summed E-state index contributed by atoms with van der Waals surface area (Å²) < 4.78 is 5.58. The van der Waals surface area contributed by atoms with Crippen LogP contribution in [0.4, 0.5) is 4.79 Å². The number of ether oxygens (including phenoxy) is 1. The van der Waals surface area contributed by atoms with E-state index in [9.17, 15) is 9.90 Å². The van der Waals surface area contributed by atoms with Crippen molar-refractivity contribution < 1.29 is 14.6 Å². The van der Waals surface area contributed by atoms with Crippen molar-refractivity contribution in [1.82, 2.24) is 21.1 Å². The molecule has 0 saturated heterocycles. The number of alkyl carbamates (subject to hydrolysis) is 1. The summed E-state index contributed by atoms with van der Waals surface area (Å²) in [5.74, 6) is 3.48. The molecule has 3 rings (SSSR count). The van der Waals surface area contributed by atoms with Crippen molar-refractivity contribution in [3.05, 3.63) is 12.4 Å². The molecule has 2 heterocycles. The van der Waals surface area contributed by atoms with Crippen molar-refractivity contribution in [3.63, 3.8) is 0 Å². The van der Waals surface area contributed by atoms with Crippen LogP contribution < -0.4 is 16.1 Å². The number of amidine groups is 2. The van der Waals surface area contributed by atoms with Crippen molar-refractivity contribution in [2.45, 2.75) is 64.1 Å². The average Bonchev–Trinajstić information content (AvgIpc) is 3.41. The zero-order chi connectivity index (χ0) is 22.2. The molecular formula is C20H32BN7O3. The number of aliphatic imine (C=N–C) groups is 1. The van der Waals surface area contributed by atoms with Crippen molar-refractivity contribution in [1.29, 1.82) is 0 Å². The Balaban J connectivity index is 1.43. The molecule has 0 radical (unpaired) electrons. The normalized spacial score (nSPS) is 26.6. The number of amides is 1. The molecular weight excluding hydrogens is 397 g/mol. The van der Waals surface area contributed by atoms with Gasteiger partial charge in [-0.2, -0.15) is 0 Å². The maximum atomic E-state index is 12.0. The van der Waals surface area contributed by atoms with E-state index in [-0.39, 0.29) is 30.9 Å². The fourth-order valence-corrected chi connectivity index (χ4v) is 3.80. The number of hydrazone groups is 2. The van der Waals surface area contributed by atoms with Crippen LogP contribution in [0.1, 0.15) is 46.0 Å². The van der Waals surface area contributed by atoms with Crippen LogP contribution in [0.3, 0.4) is 0 Å². The first-order valence-corrected chi connectivity index (χ1v) is 10.9. The Morgan fingerprint density at radius 3 is 3.10 bits per heavy atom. The Bertz CT molecular complexity index is 783. The van der Waals surface area contributed by atoms with Gasteiger partial charge in [-0.3, -0.25) is 0 Å². The topological polar surface area (TPSA) is 123 Å². The summed E-state index contributed by atoms with van der Waals surface area (Å²) in [5.41, 5.74) is 3.71. The number of nitrogens with one attached hydrogen (secondary N) is 3. The van der Waals surface area contributed by atoms with E-state index in [1.165, 1.54) is 5.97 Å². The first-order chi connectivity index (χ1) is 15.0. The van der Waals surface area contributed by atoms with E-state index in [0.717, 1.165) is 43.8 Å². The van der Waals surface area contributed by atoms with Gasteiger partial charge in [-0.15, -0.1) is 0 Å². The maximum absolute atomic E-state index is 12.0. The standard InChI is InChI=1S/C20H32BN7O3/c1-3-13(2)23-20(30)31-16-5-4-14(8-16)17-9-18(26-25-17)24-19-11-28(7-6-22-19)27-15(10-21)12-29/h6-7,10,13-14,16-17,21,25,29H,3-5,8-9,11-12H2,1-2H3,(H,23,30)(H,22,24,26)/b27-15+. The zero-order valence-electron chi connectivity index (χ0n) is 18.3. The molecule has 10 nitrogen and oxygen atoms in total. The van der Waals surface area contributed by atoms with Crippen molar-refractivity contribution in [2.75, 3.05) is 13.2 Å². The van der Waals surface area contributed by atoms with Crippen LogP contribution in [0.5, 0.6) is 0 Å². The van der Waals surface area contributed by atoms with E-state index >= 15 is 0 Å². The number of carbonyl (C=O) groups excluding carboxylic acids is 1. The molecule has 2 aliphatic heterocycles. The molecule has 4 unspecified atom stereocenters. The molecule has 11 heteroatoms. The van der Waals surface area contributed by atoms with E-state index in [4.69, 9.17) is 4.74 Å². The first kappa shape index (κ1) is 23.0. The Morgan fingerprint density at radius 2 is 2.35 bits per heavy atom. The second-order valence-corrected chi connectivity index (χ2v) is 8.10. The quantitative estimate of drug-likeness (QED) is 0.338. The summed E-state index contributed by atoms with van der Waals surface area (Å²) in [7, 11) is 3.64. The van der Waals surface area contributed by atoms with Crippen LogP contribution in [0, 0.1) is 5.92 Å². The second kappa shape index (κ2) is 11.1. The van der Waals surface area contributed by atoms with Crippen molar-refractivity contribution in [3.8, 4) is 0 Å². The van der Waals surface area contributed by atoms with Crippen molar-refractivity contribution in [2.24, 2.45) is 21.1 Å². The SMILES string of the molecule is B=C/C(CO)=N\N1C=CN=C(NC2=NNC(C3CCC(OC(=O)NC(C)CC)C3)C2)C1. The Labute approximate surface area is 184 Å². The Kier molecular flexibility index (Phi) is 8.22. The third kappa shape index (κ3) is 6.65. The molecule has 0 aromatic heterocycles. The fraction of sp³-hybridized carbons (Fsp3) is 0.650. The number of hydrogen-bond acceptors (Lipinski definition) is 9. The van der Waals surface area contributed by atoms with Crippen LogP contribution >= 0.6 is 0 Å². The number of hydrogen-bond donors (Lipinski definition) is 4. The monoisotopic (exact) mass is 429 g/mol. The van der Waals surface area contributed by atoms with Gasteiger partial charge < -0.3 is 10.1 Å². The van der Waals surface area contributed by atoms with Gasteiger partial charge in [0.1, 0.15) is 6.10 Å². The van der Waals surface area contributed by atoms with Gasteiger partial charge in [0.25, 0.3) is 0 Å². The molecule has 31 heavy (non-hydrogen) atoms. The predicted octanol–water partition coefficient (Wildman–Crippen LogP) is 0.181. The van der Waals surface area contributed by atoms with Gasteiger partial charge >= 0.3 is 130 Å². The number of aliphatic hydroxyl groups excluding tert-OH is 1. The van der Waals surface area contributed by atoms with Crippen LogP contribution in [-0.2, 0) is 4.74 Å². The summed E-state index contributed by atoms with van der Waals surface area (Å²) in [5, 5.41) is 25.8. The van der Waals surface area contributed by atoms with Gasteiger partial charge in [0.2, 0.25) is 0 Å². The molecule has 0 bridgehead atoms. The minimum absolute atomic E-state index is 0.0438. The molecule has 4 atom stereocenters. The molecule has 168 valence electrons. The minimum atomic E-state index is -0.325. The molecule has 1 amide bonds. The average molecular weight is 429 g/mol. The molecule has 1 aliphatic carbocycles. The van der Waals surface area contributed by atoms with Crippen LogP contribution in [0.2, 0.25) is 0 Å². The van der Waals surface area contributed by atoms with Gasteiger partial charge in [0.15, 0.2) is 0 Å². The summed E-state index contributed by atoms with van der Waals surface area (Å²) in [6.07, 6.45) is 7.37. The first-order valence-electron chi connectivity index (χ1n) is 10.9. The summed E-state index contributed by atoms with van der Waals surface area (Å²) >= 11 is 0. The van der Waals surface area contributed by atoms with Crippen molar-refractivity contribution >= 4 is 36.9 Å². The Hall–Kier alpha value is -2.69. The number of nitrogens with zero attached hydrogens (tertiary/aromatic N) is 4. The molecule has 4 N–H and O–H groups in total. The van der Waals surface area contributed by atoms with Crippen LogP contribution in [-0.4, -0.2) is 78.4 Å². The predicted molar refractivity (Wildman–Crippen MR) is 124 cm³/mol. The molecule has 1 fully saturated rings. The third-order valence-corrected chi connectivity index (χ3v) is 5.75. The van der Waals surface area contributed by atoms with Crippen LogP contribution in [0.25, 0.3) is 0 Å².